The van der Waals surface area contributed by atoms with E-state index in [0.717, 1.165) is 0 Å². The van der Waals surface area contributed by atoms with Gasteiger partial charge in [0.2, 0.25) is 0 Å². The summed E-state index contributed by atoms with van der Waals surface area (Å²) in [5, 5.41) is 0. The van der Waals surface area contributed by atoms with Gasteiger partial charge in [0.15, 0.2) is 0 Å². The normalized spacial score (nSPS) is 22.2. The lowest BCUT2D eigenvalue weighted by Gasteiger charge is -2.05. The first-order valence-corrected chi connectivity index (χ1v) is 6.00. The van der Waals surface area contributed by atoms with Crippen molar-refractivity contribution < 1.29 is 0 Å². The summed E-state index contributed by atoms with van der Waals surface area (Å²) in [7, 11) is 0. The second kappa shape index (κ2) is 10.0. The van der Waals surface area contributed by atoms with Crippen molar-refractivity contribution in [2.45, 2.75) is 77.0 Å². The van der Waals surface area contributed by atoms with Gasteiger partial charge in [0, 0.05) is 0 Å². The van der Waals surface area contributed by atoms with Crippen LogP contribution in [0.3, 0.4) is 0 Å². The first kappa shape index (κ1) is 13.0. The molecule has 0 spiro atoms. The van der Waals surface area contributed by atoms with Crippen LogP contribution in [0.2, 0.25) is 0 Å². The van der Waals surface area contributed by atoms with Crippen LogP contribution >= 0.6 is 0 Å². The van der Waals surface area contributed by atoms with E-state index < -0.39 is 0 Å². The van der Waals surface area contributed by atoms with E-state index >= 15 is 0 Å². The van der Waals surface area contributed by atoms with Gasteiger partial charge in [-0.25, -0.2) is 0 Å². The van der Waals surface area contributed by atoms with Crippen LogP contribution in [0.15, 0.2) is 0 Å². The summed E-state index contributed by atoms with van der Waals surface area (Å²) < 4.78 is 0. The Hall–Kier alpha value is -0.0400. The van der Waals surface area contributed by atoms with Crippen LogP contribution in [-0.2, 0) is 0 Å². The summed E-state index contributed by atoms with van der Waals surface area (Å²) in [6.07, 6.45) is 18.0. The van der Waals surface area contributed by atoms with Gasteiger partial charge in [-0.2, -0.15) is 0 Å². The Labute approximate surface area is 83.9 Å². The van der Waals surface area contributed by atoms with Gasteiger partial charge in [0.1, 0.15) is 0 Å². The Balaban J connectivity index is 0.000000206. The van der Waals surface area contributed by atoms with Gasteiger partial charge < -0.3 is 6.15 Å². The summed E-state index contributed by atoms with van der Waals surface area (Å²) in [6, 6.07) is 0. The molecule has 0 aromatic heterocycles. The first-order chi connectivity index (χ1) is 6.00. The first-order valence-electron chi connectivity index (χ1n) is 6.00. The van der Waals surface area contributed by atoms with E-state index in [4.69, 9.17) is 0 Å². The van der Waals surface area contributed by atoms with E-state index in [0.29, 0.717) is 0 Å². The minimum absolute atomic E-state index is 0. The monoisotopic (exact) mass is 185 g/mol. The number of rotatable bonds is 0. The quantitative estimate of drug-likeness (QED) is 0.575. The van der Waals surface area contributed by atoms with Gasteiger partial charge in [-0.1, -0.05) is 77.0 Å². The Morgan fingerprint density at radius 2 is 0.308 bits per heavy atom. The largest absolute Gasteiger partial charge is 0.344 e. The molecule has 2 saturated carbocycles. The maximum absolute atomic E-state index is 1.50. The number of hydrogen-bond acceptors (Lipinski definition) is 1. The standard InChI is InChI=1S/2C6H12.H3N/c2*1-2-4-6-5-3-1;/h2*1-6H2;1H3. The molecule has 2 rings (SSSR count). The Kier molecular flexibility index (Phi) is 10.0. The Morgan fingerprint density at radius 1 is 0.231 bits per heavy atom. The van der Waals surface area contributed by atoms with Crippen molar-refractivity contribution in [2.75, 3.05) is 0 Å². The van der Waals surface area contributed by atoms with Crippen molar-refractivity contribution in [1.29, 1.82) is 0 Å². The zero-order chi connectivity index (χ0) is 8.49. The van der Waals surface area contributed by atoms with Gasteiger partial charge in [-0.3, -0.25) is 0 Å². The molecule has 0 atom stereocenters. The molecule has 0 bridgehead atoms. The smallest absolute Gasteiger partial charge is 0.0533 e. The van der Waals surface area contributed by atoms with Crippen LogP contribution in [0, 0.1) is 0 Å². The van der Waals surface area contributed by atoms with Crippen molar-refractivity contribution in [3.8, 4) is 0 Å². The maximum atomic E-state index is 1.50. The van der Waals surface area contributed by atoms with Gasteiger partial charge >= 0.3 is 0 Å². The molecule has 0 unspecified atom stereocenters. The Morgan fingerprint density at radius 3 is 0.385 bits per heavy atom. The van der Waals surface area contributed by atoms with Gasteiger partial charge in [0.25, 0.3) is 0 Å². The molecule has 2 fully saturated rings. The molecule has 0 saturated heterocycles. The van der Waals surface area contributed by atoms with Crippen LogP contribution in [0.5, 0.6) is 0 Å². The van der Waals surface area contributed by atoms with Crippen molar-refractivity contribution in [2.24, 2.45) is 0 Å². The van der Waals surface area contributed by atoms with Crippen LogP contribution < -0.4 is 6.15 Å². The highest BCUT2D eigenvalue weighted by Gasteiger charge is 1.96. The summed E-state index contributed by atoms with van der Waals surface area (Å²) in [5.74, 6) is 0. The summed E-state index contributed by atoms with van der Waals surface area (Å²) >= 11 is 0. The fraction of sp³-hybridized carbons (Fsp3) is 1.00. The fourth-order valence-electron chi connectivity index (χ4n) is 2.12. The molecular formula is C12H27N. The topological polar surface area (TPSA) is 35.0 Å². The lowest BCUT2D eigenvalue weighted by Crippen LogP contribution is -1.85. The molecule has 0 aliphatic heterocycles. The molecule has 0 heterocycles. The summed E-state index contributed by atoms with van der Waals surface area (Å²) in [6.45, 7) is 0. The average Bonchev–Trinajstić information content (AvgIpc) is 2.24. The second-order valence-electron chi connectivity index (χ2n) is 4.24. The van der Waals surface area contributed by atoms with E-state index in [1.54, 1.807) is 0 Å². The minimum atomic E-state index is 0. The molecule has 1 nitrogen and oxygen atoms in total. The number of hydrogen-bond donors (Lipinski definition) is 1. The molecule has 2 aliphatic carbocycles. The van der Waals surface area contributed by atoms with Crippen molar-refractivity contribution in [1.82, 2.24) is 6.15 Å². The lowest BCUT2D eigenvalue weighted by atomic mass is 10.0. The van der Waals surface area contributed by atoms with Crippen LogP contribution in [0.1, 0.15) is 77.0 Å². The van der Waals surface area contributed by atoms with Crippen molar-refractivity contribution >= 4 is 0 Å². The van der Waals surface area contributed by atoms with Crippen LogP contribution in [0.4, 0.5) is 0 Å². The van der Waals surface area contributed by atoms with E-state index in [2.05, 4.69) is 0 Å². The predicted molar refractivity (Wildman–Crippen MR) is 60.4 cm³/mol. The van der Waals surface area contributed by atoms with E-state index in [1.807, 2.05) is 0 Å². The zero-order valence-electron chi connectivity index (χ0n) is 9.19. The summed E-state index contributed by atoms with van der Waals surface area (Å²) in [5.41, 5.74) is 0. The van der Waals surface area contributed by atoms with Gasteiger partial charge in [-0.05, 0) is 0 Å². The fourth-order valence-corrected chi connectivity index (χ4v) is 2.12. The Bertz CT molecular complexity index is 48.1. The maximum Gasteiger partial charge on any atom is -0.0533 e. The molecule has 80 valence electrons. The van der Waals surface area contributed by atoms with Crippen molar-refractivity contribution in [3.05, 3.63) is 0 Å². The molecule has 1 heteroatoms. The van der Waals surface area contributed by atoms with Crippen LogP contribution in [0.25, 0.3) is 0 Å². The average molecular weight is 185 g/mol. The molecule has 0 aromatic carbocycles. The highest BCUT2D eigenvalue weighted by atomic mass is 14.0. The van der Waals surface area contributed by atoms with E-state index in [-0.39, 0.29) is 6.15 Å². The molecular weight excluding hydrogens is 158 g/mol. The molecule has 0 amide bonds. The molecule has 3 N–H and O–H groups in total. The predicted octanol–water partition coefficient (Wildman–Crippen LogP) is 4.84. The summed E-state index contributed by atoms with van der Waals surface area (Å²) in [4.78, 5) is 0. The van der Waals surface area contributed by atoms with Crippen LogP contribution in [-0.4, -0.2) is 0 Å². The minimum Gasteiger partial charge on any atom is -0.344 e. The van der Waals surface area contributed by atoms with Gasteiger partial charge in [0.05, 0.1) is 0 Å². The molecule has 0 radical (unpaired) electrons. The van der Waals surface area contributed by atoms with E-state index in [9.17, 15) is 0 Å². The molecule has 13 heavy (non-hydrogen) atoms. The SMILES string of the molecule is C1CCCCC1.C1CCCCC1.N. The lowest BCUT2D eigenvalue weighted by molar-refractivity contribution is 0.504. The molecule has 2 aliphatic rings. The van der Waals surface area contributed by atoms with Crippen molar-refractivity contribution in [3.63, 3.8) is 0 Å². The van der Waals surface area contributed by atoms with Gasteiger partial charge in [-0.15, -0.1) is 0 Å². The highest BCUT2D eigenvalue weighted by Crippen LogP contribution is 2.15. The second-order valence-corrected chi connectivity index (χ2v) is 4.24. The third-order valence-corrected chi connectivity index (χ3v) is 3.00. The highest BCUT2D eigenvalue weighted by molar-refractivity contribution is 4.51. The van der Waals surface area contributed by atoms with E-state index in [1.165, 1.54) is 77.0 Å². The third kappa shape index (κ3) is 8.29. The molecule has 0 aromatic rings. The third-order valence-electron chi connectivity index (χ3n) is 3.00. The zero-order valence-corrected chi connectivity index (χ0v) is 9.19.